The van der Waals surface area contributed by atoms with Gasteiger partial charge in [0.1, 0.15) is 5.75 Å². The van der Waals surface area contributed by atoms with Gasteiger partial charge < -0.3 is 14.8 Å². The molecule has 0 fully saturated rings. The number of carbonyl (C=O) groups is 2. The third-order valence-corrected chi connectivity index (χ3v) is 3.62. The van der Waals surface area contributed by atoms with Crippen LogP contribution < -0.4 is 10.1 Å². The van der Waals surface area contributed by atoms with Gasteiger partial charge in [-0.3, -0.25) is 0 Å². The normalized spacial score (nSPS) is 15.6. The van der Waals surface area contributed by atoms with E-state index in [1.165, 1.54) is 7.05 Å². The molecule has 0 saturated heterocycles. The zero-order chi connectivity index (χ0) is 15.5. The van der Waals surface area contributed by atoms with E-state index in [1.807, 2.05) is 30.3 Å². The van der Waals surface area contributed by atoms with Gasteiger partial charge in [0.15, 0.2) is 0 Å². The third-order valence-electron chi connectivity index (χ3n) is 3.62. The molecule has 0 saturated carbocycles. The molecule has 0 bridgehead atoms. The molecule has 1 unspecified atom stereocenters. The number of benzene rings is 2. The van der Waals surface area contributed by atoms with Gasteiger partial charge in [-0.05, 0) is 23.8 Å². The lowest BCUT2D eigenvalue weighted by atomic mass is 9.92. The highest BCUT2D eigenvalue weighted by Gasteiger charge is 2.27. The topological polar surface area (TPSA) is 64.6 Å². The monoisotopic (exact) mass is 297 g/mol. The number of hydrogen-bond acceptors (Lipinski definition) is 4. The van der Waals surface area contributed by atoms with Gasteiger partial charge in [0, 0.05) is 18.5 Å². The van der Waals surface area contributed by atoms with E-state index < -0.39 is 12.1 Å². The third kappa shape index (κ3) is 2.65. The van der Waals surface area contributed by atoms with Crippen molar-refractivity contribution in [1.82, 2.24) is 5.32 Å². The summed E-state index contributed by atoms with van der Waals surface area (Å²) in [5.41, 5.74) is 2.38. The van der Waals surface area contributed by atoms with E-state index in [2.05, 4.69) is 10.1 Å². The Bertz CT molecular complexity index is 712. The molecule has 3 rings (SSSR count). The van der Waals surface area contributed by atoms with Gasteiger partial charge >= 0.3 is 12.1 Å². The first-order valence-corrected chi connectivity index (χ1v) is 6.94. The van der Waals surface area contributed by atoms with Crippen LogP contribution in [0.2, 0.25) is 0 Å². The largest absolute Gasteiger partial charge is 0.492 e. The van der Waals surface area contributed by atoms with Crippen molar-refractivity contribution in [2.24, 2.45) is 0 Å². The molecule has 22 heavy (non-hydrogen) atoms. The molecule has 5 nitrogen and oxygen atoms in total. The van der Waals surface area contributed by atoms with E-state index in [-0.39, 0.29) is 5.92 Å². The minimum absolute atomic E-state index is 0.0731. The number of rotatable bonds is 2. The fourth-order valence-corrected chi connectivity index (χ4v) is 2.50. The number of carbonyl (C=O) groups excluding carboxylic acids is 2. The van der Waals surface area contributed by atoms with Crippen LogP contribution in [-0.4, -0.2) is 25.7 Å². The summed E-state index contributed by atoms with van der Waals surface area (Å²) in [6, 6.07) is 15.0. The van der Waals surface area contributed by atoms with Crippen LogP contribution in [0, 0.1) is 0 Å². The van der Waals surface area contributed by atoms with Crippen molar-refractivity contribution in [2.75, 3.05) is 13.7 Å². The molecule has 2 aromatic rings. The first kappa shape index (κ1) is 14.1. The van der Waals surface area contributed by atoms with E-state index in [9.17, 15) is 9.59 Å². The molecule has 0 spiro atoms. The Morgan fingerprint density at radius 1 is 1.18 bits per heavy atom. The van der Waals surface area contributed by atoms with E-state index in [0.29, 0.717) is 12.2 Å². The summed E-state index contributed by atoms with van der Waals surface area (Å²) in [6.07, 6.45) is -0.777. The summed E-state index contributed by atoms with van der Waals surface area (Å²) in [7, 11) is 1.40. The number of hydrogen-bond donors (Lipinski definition) is 1. The molecule has 112 valence electrons. The second-order valence-electron chi connectivity index (χ2n) is 4.95. The Morgan fingerprint density at radius 3 is 2.68 bits per heavy atom. The standard InChI is InChI=1S/C17H15NO4/c1-18-17(20)22-16(19)12-7-8-15-13(9-12)14(10-21-15)11-5-3-2-4-6-11/h2-9,14H,10H2,1H3,(H,18,20). The van der Waals surface area contributed by atoms with Crippen LogP contribution in [0.25, 0.3) is 0 Å². The minimum atomic E-state index is -0.777. The summed E-state index contributed by atoms with van der Waals surface area (Å²) in [4.78, 5) is 23.1. The number of alkyl carbamates (subject to hydrolysis) is 1. The first-order valence-electron chi connectivity index (χ1n) is 6.94. The molecule has 1 heterocycles. The molecular formula is C17H15NO4. The highest BCUT2D eigenvalue weighted by molar-refractivity contribution is 5.96. The number of ether oxygens (including phenoxy) is 2. The highest BCUT2D eigenvalue weighted by Crippen LogP contribution is 2.38. The predicted octanol–water partition coefficient (Wildman–Crippen LogP) is 2.71. The molecule has 1 atom stereocenters. The average molecular weight is 297 g/mol. The average Bonchev–Trinajstić information content (AvgIpc) is 2.98. The molecule has 1 N–H and O–H groups in total. The Balaban J connectivity index is 1.90. The number of esters is 1. The summed E-state index contributed by atoms with van der Waals surface area (Å²) < 4.78 is 10.3. The van der Waals surface area contributed by atoms with Crippen LogP contribution >= 0.6 is 0 Å². The van der Waals surface area contributed by atoms with Gasteiger partial charge in [0.25, 0.3) is 0 Å². The summed E-state index contributed by atoms with van der Waals surface area (Å²) in [5, 5.41) is 2.25. The minimum Gasteiger partial charge on any atom is -0.492 e. The van der Waals surface area contributed by atoms with Crippen LogP contribution in [0.15, 0.2) is 48.5 Å². The van der Waals surface area contributed by atoms with Crippen molar-refractivity contribution >= 4 is 12.1 Å². The zero-order valence-electron chi connectivity index (χ0n) is 12.0. The molecule has 1 amide bonds. The first-order chi connectivity index (χ1) is 10.7. The Kier molecular flexibility index (Phi) is 3.78. The van der Waals surface area contributed by atoms with Gasteiger partial charge in [0.05, 0.1) is 12.2 Å². The van der Waals surface area contributed by atoms with Crippen LogP contribution in [0.1, 0.15) is 27.4 Å². The molecule has 1 aliphatic heterocycles. The molecule has 1 aliphatic rings. The van der Waals surface area contributed by atoms with Gasteiger partial charge in [-0.15, -0.1) is 0 Å². The van der Waals surface area contributed by atoms with Crippen molar-refractivity contribution in [3.63, 3.8) is 0 Å². The highest BCUT2D eigenvalue weighted by atomic mass is 16.6. The Morgan fingerprint density at radius 2 is 1.95 bits per heavy atom. The second-order valence-corrected chi connectivity index (χ2v) is 4.95. The van der Waals surface area contributed by atoms with Crippen molar-refractivity contribution in [1.29, 1.82) is 0 Å². The molecular weight excluding hydrogens is 282 g/mol. The lowest BCUT2D eigenvalue weighted by molar-refractivity contribution is 0.0625. The van der Waals surface area contributed by atoms with Gasteiger partial charge in [-0.2, -0.15) is 0 Å². The van der Waals surface area contributed by atoms with E-state index >= 15 is 0 Å². The van der Waals surface area contributed by atoms with E-state index in [4.69, 9.17) is 4.74 Å². The second kappa shape index (κ2) is 5.89. The maximum Gasteiger partial charge on any atom is 0.414 e. The van der Waals surface area contributed by atoms with E-state index in [0.717, 1.165) is 16.9 Å². The Hall–Kier alpha value is -2.82. The number of amides is 1. The Labute approximate surface area is 127 Å². The van der Waals surface area contributed by atoms with Crippen LogP contribution in [-0.2, 0) is 4.74 Å². The van der Waals surface area contributed by atoms with Crippen molar-refractivity contribution in [2.45, 2.75) is 5.92 Å². The van der Waals surface area contributed by atoms with Gasteiger partial charge in [-0.1, -0.05) is 30.3 Å². The summed E-state index contributed by atoms with van der Waals surface area (Å²) >= 11 is 0. The molecule has 2 aromatic carbocycles. The molecule has 0 aromatic heterocycles. The van der Waals surface area contributed by atoms with Crippen LogP contribution in [0.3, 0.4) is 0 Å². The van der Waals surface area contributed by atoms with Crippen molar-refractivity contribution < 1.29 is 19.1 Å². The summed E-state index contributed by atoms with van der Waals surface area (Å²) in [5.74, 6) is 0.148. The quantitative estimate of drug-likeness (QED) is 0.684. The van der Waals surface area contributed by atoms with Crippen LogP contribution in [0.4, 0.5) is 4.79 Å². The van der Waals surface area contributed by atoms with Crippen LogP contribution in [0.5, 0.6) is 5.75 Å². The number of fused-ring (bicyclic) bond motifs is 1. The molecule has 0 radical (unpaired) electrons. The molecule has 5 heteroatoms. The summed E-state index contributed by atoms with van der Waals surface area (Å²) in [6.45, 7) is 0.535. The van der Waals surface area contributed by atoms with Crippen molar-refractivity contribution in [3.05, 3.63) is 65.2 Å². The SMILES string of the molecule is CNC(=O)OC(=O)c1ccc2c(c1)C(c1ccccc1)CO2. The van der Waals surface area contributed by atoms with E-state index in [1.54, 1.807) is 18.2 Å². The van der Waals surface area contributed by atoms with Crippen molar-refractivity contribution in [3.8, 4) is 5.75 Å². The predicted molar refractivity (Wildman–Crippen MR) is 80.1 cm³/mol. The number of nitrogens with one attached hydrogen (secondary N) is 1. The zero-order valence-corrected chi connectivity index (χ0v) is 12.0. The maximum atomic E-state index is 11.9. The lowest BCUT2D eigenvalue weighted by Gasteiger charge is -2.10. The fraction of sp³-hybridized carbons (Fsp3) is 0.176. The fourth-order valence-electron chi connectivity index (χ4n) is 2.50. The lowest BCUT2D eigenvalue weighted by Crippen LogP contribution is -2.22. The molecule has 0 aliphatic carbocycles. The smallest absolute Gasteiger partial charge is 0.414 e. The van der Waals surface area contributed by atoms with Gasteiger partial charge in [-0.25, -0.2) is 9.59 Å². The maximum absolute atomic E-state index is 11.9. The van der Waals surface area contributed by atoms with Gasteiger partial charge in [0.2, 0.25) is 0 Å².